The summed E-state index contributed by atoms with van der Waals surface area (Å²) in [5.41, 5.74) is 0. The third-order valence-electron chi connectivity index (χ3n) is 1.32. The van der Waals surface area contributed by atoms with E-state index in [1.807, 2.05) is 0 Å². The number of esters is 2. The molecule has 17 heavy (non-hydrogen) atoms. The minimum absolute atomic E-state index is 0.0919. The SMILES string of the molecule is O=C(CS)OCCCCOC(=O)CS.[CH3][Sn][CH3]. The van der Waals surface area contributed by atoms with Crippen LogP contribution < -0.4 is 0 Å². The van der Waals surface area contributed by atoms with E-state index in [2.05, 4.69) is 35.1 Å². The molecule has 4 nitrogen and oxygen atoms in total. The van der Waals surface area contributed by atoms with Gasteiger partial charge >= 0.3 is 43.0 Å². The van der Waals surface area contributed by atoms with E-state index in [0.717, 1.165) is 0 Å². The molecular weight excluding hydrogens is 367 g/mol. The predicted octanol–water partition coefficient (Wildman–Crippen LogP) is 1.50. The molecule has 2 radical (unpaired) electrons. The van der Waals surface area contributed by atoms with Crippen LogP contribution in [0.5, 0.6) is 0 Å². The molecule has 7 heteroatoms. The van der Waals surface area contributed by atoms with Gasteiger partial charge in [0.25, 0.3) is 0 Å². The second-order valence-electron chi connectivity index (χ2n) is 2.96. The zero-order chi connectivity index (χ0) is 13.5. The van der Waals surface area contributed by atoms with E-state index >= 15 is 0 Å². The molecular formula is C10H20O4S2Sn. The Hall–Kier alpha value is 0.439. The van der Waals surface area contributed by atoms with Crippen LogP contribution in [0.15, 0.2) is 0 Å². The molecule has 0 spiro atoms. The Kier molecular flexibility index (Phi) is 19.1. The van der Waals surface area contributed by atoms with Crippen LogP contribution in [0.3, 0.4) is 0 Å². The number of thiol groups is 2. The van der Waals surface area contributed by atoms with Gasteiger partial charge in [-0.1, -0.05) is 0 Å². The molecule has 100 valence electrons. The zero-order valence-electron chi connectivity index (χ0n) is 10.3. The second kappa shape index (κ2) is 16.4. The molecule has 0 saturated heterocycles. The van der Waals surface area contributed by atoms with Crippen LogP contribution in [0, 0.1) is 0 Å². The van der Waals surface area contributed by atoms with Crippen LogP contribution in [0.2, 0.25) is 9.88 Å². The van der Waals surface area contributed by atoms with Gasteiger partial charge in [0.1, 0.15) is 0 Å². The Morgan fingerprint density at radius 3 is 1.47 bits per heavy atom. The summed E-state index contributed by atoms with van der Waals surface area (Å²) < 4.78 is 9.51. The molecule has 0 aliphatic heterocycles. The molecule has 0 bridgehead atoms. The molecule has 0 N–H and O–H groups in total. The molecule has 0 fully saturated rings. The summed E-state index contributed by atoms with van der Waals surface area (Å²) in [5.74, 6) is -0.482. The molecule has 0 amide bonds. The number of rotatable bonds is 7. The van der Waals surface area contributed by atoms with Crippen LogP contribution in [-0.2, 0) is 19.1 Å². The molecule has 0 rings (SSSR count). The van der Waals surface area contributed by atoms with Crippen molar-refractivity contribution in [1.82, 2.24) is 0 Å². The fraction of sp³-hybridized carbons (Fsp3) is 0.800. The van der Waals surface area contributed by atoms with Gasteiger partial charge in [0, 0.05) is 0 Å². The van der Waals surface area contributed by atoms with Gasteiger partial charge in [0.2, 0.25) is 0 Å². The maximum atomic E-state index is 10.6. The fourth-order valence-corrected chi connectivity index (χ4v) is 0.850. The molecule has 0 aliphatic carbocycles. The number of ether oxygens (including phenoxy) is 2. The topological polar surface area (TPSA) is 52.6 Å². The van der Waals surface area contributed by atoms with Crippen LogP contribution in [-0.4, -0.2) is 57.8 Å². The van der Waals surface area contributed by atoms with Gasteiger partial charge in [-0.05, 0) is 12.8 Å². The number of hydrogen-bond donors (Lipinski definition) is 2. The standard InChI is InChI=1S/C8H14O4S2.2CH3.Sn/c9-7(5-13)11-3-1-2-4-12-8(10)6-14;;;/h13-14H,1-6H2;2*1H3;. The Balaban J connectivity index is 0. The molecule has 0 aromatic heterocycles. The summed E-state index contributed by atoms with van der Waals surface area (Å²) in [6, 6.07) is 0. The van der Waals surface area contributed by atoms with E-state index in [1.165, 1.54) is 0 Å². The van der Waals surface area contributed by atoms with Gasteiger partial charge in [-0.15, -0.1) is 0 Å². The summed E-state index contributed by atoms with van der Waals surface area (Å²) in [7, 11) is 0. The minimum atomic E-state index is -0.333. The van der Waals surface area contributed by atoms with Gasteiger partial charge in [-0.3, -0.25) is 9.59 Å². The first-order valence-electron chi connectivity index (χ1n) is 5.23. The van der Waals surface area contributed by atoms with E-state index in [0.29, 0.717) is 26.1 Å². The van der Waals surface area contributed by atoms with Gasteiger partial charge in [-0.2, -0.15) is 25.3 Å². The third kappa shape index (κ3) is 19.0. The zero-order valence-corrected chi connectivity index (χ0v) is 14.9. The number of carbonyl (C=O) groups is 2. The second-order valence-corrected chi connectivity index (χ2v) is 6.45. The normalized spacial score (nSPS) is 8.94. The summed E-state index contributed by atoms with van der Waals surface area (Å²) >= 11 is 7.72. The van der Waals surface area contributed by atoms with Gasteiger partial charge in [0.05, 0.1) is 24.7 Å². The van der Waals surface area contributed by atoms with Crippen molar-refractivity contribution < 1.29 is 19.1 Å². The van der Waals surface area contributed by atoms with Crippen molar-refractivity contribution in [2.45, 2.75) is 22.7 Å². The van der Waals surface area contributed by atoms with Gasteiger partial charge in [0.15, 0.2) is 0 Å². The Morgan fingerprint density at radius 1 is 0.941 bits per heavy atom. The van der Waals surface area contributed by atoms with Crippen molar-refractivity contribution in [3.8, 4) is 0 Å². The van der Waals surface area contributed by atoms with E-state index in [4.69, 9.17) is 9.47 Å². The van der Waals surface area contributed by atoms with E-state index in [9.17, 15) is 9.59 Å². The molecule has 0 atom stereocenters. The van der Waals surface area contributed by atoms with Crippen molar-refractivity contribution in [1.29, 1.82) is 0 Å². The van der Waals surface area contributed by atoms with E-state index in [-0.39, 0.29) is 44.6 Å². The molecule has 0 aromatic rings. The van der Waals surface area contributed by atoms with Crippen molar-refractivity contribution in [3.05, 3.63) is 0 Å². The van der Waals surface area contributed by atoms with Crippen LogP contribution in [0.25, 0.3) is 0 Å². The van der Waals surface area contributed by atoms with Crippen molar-refractivity contribution in [2.75, 3.05) is 24.7 Å². The molecule has 0 aromatic carbocycles. The van der Waals surface area contributed by atoms with E-state index < -0.39 is 0 Å². The van der Waals surface area contributed by atoms with Crippen molar-refractivity contribution in [2.24, 2.45) is 0 Å². The molecule has 0 aliphatic rings. The first-order chi connectivity index (χ1) is 8.12. The molecule has 0 unspecified atom stereocenters. The maximum absolute atomic E-state index is 10.6. The Labute approximate surface area is 124 Å². The number of carbonyl (C=O) groups excluding carboxylic acids is 2. The summed E-state index contributed by atoms with van der Waals surface area (Å²) in [5, 5.41) is 0. The average Bonchev–Trinajstić information content (AvgIpc) is 2.33. The van der Waals surface area contributed by atoms with E-state index in [1.54, 1.807) is 0 Å². The Bertz CT molecular complexity index is 183. The first kappa shape index (κ1) is 19.8. The first-order valence-corrected chi connectivity index (χ1v) is 12.2. The average molecular weight is 387 g/mol. The molecule has 0 heterocycles. The van der Waals surface area contributed by atoms with Crippen LogP contribution in [0.1, 0.15) is 12.8 Å². The molecule has 0 saturated carbocycles. The monoisotopic (exact) mass is 388 g/mol. The van der Waals surface area contributed by atoms with Gasteiger partial charge in [-0.25, -0.2) is 0 Å². The van der Waals surface area contributed by atoms with Crippen molar-refractivity contribution >= 4 is 58.3 Å². The van der Waals surface area contributed by atoms with Gasteiger partial charge < -0.3 is 9.47 Å². The predicted molar refractivity (Wildman–Crippen MR) is 76.3 cm³/mol. The third-order valence-corrected chi connectivity index (χ3v) is 1.84. The summed E-state index contributed by atoms with van der Waals surface area (Å²) in [4.78, 5) is 25.8. The Morgan fingerprint density at radius 2 is 1.24 bits per heavy atom. The van der Waals surface area contributed by atoms with Crippen LogP contribution >= 0.6 is 25.3 Å². The summed E-state index contributed by atoms with van der Waals surface area (Å²) in [6.07, 6.45) is 1.36. The summed E-state index contributed by atoms with van der Waals surface area (Å²) in [6.45, 7) is 0.690. The number of hydrogen-bond acceptors (Lipinski definition) is 6. The quantitative estimate of drug-likeness (QED) is 0.301. The van der Waals surface area contributed by atoms with Crippen molar-refractivity contribution in [3.63, 3.8) is 0 Å². The van der Waals surface area contributed by atoms with Crippen LogP contribution in [0.4, 0.5) is 0 Å². The fourth-order valence-electron chi connectivity index (χ4n) is 0.667. The number of unbranched alkanes of at least 4 members (excludes halogenated alkanes) is 1.